The molecular weight excluding hydrogens is 336 g/mol. The monoisotopic (exact) mass is 358 g/mol. The van der Waals surface area contributed by atoms with Crippen molar-refractivity contribution in [1.29, 1.82) is 0 Å². The van der Waals surface area contributed by atoms with Gasteiger partial charge in [-0.3, -0.25) is 20.4 Å². The molecule has 2 amide bonds. The van der Waals surface area contributed by atoms with Crippen molar-refractivity contribution in [1.82, 2.24) is 10.9 Å². The molecule has 132 valence electrons. The summed E-state index contributed by atoms with van der Waals surface area (Å²) < 4.78 is 5.25. The van der Waals surface area contributed by atoms with E-state index >= 15 is 0 Å². The highest BCUT2D eigenvalue weighted by Gasteiger charge is 2.10. The van der Waals surface area contributed by atoms with E-state index < -0.39 is 0 Å². The van der Waals surface area contributed by atoms with E-state index in [0.717, 1.165) is 16.0 Å². The molecule has 0 atom stereocenters. The van der Waals surface area contributed by atoms with Crippen LogP contribution in [-0.2, 0) is 16.0 Å². The number of carbonyl (C=O) groups is 2. The normalized spacial score (nSPS) is 10.2. The standard InChI is InChI=1S/C19H22N2O3S/c1-13-4-7-16(8-5-13)25-12-19(23)21-20-18(22)11-15-10-14(2)6-9-17(15)24-3/h4-10H,11-12H2,1-3H3,(H,20,22)(H,21,23). The number of ether oxygens (including phenoxy) is 1. The zero-order chi connectivity index (χ0) is 18.2. The number of methoxy groups -OCH3 is 1. The lowest BCUT2D eigenvalue weighted by atomic mass is 10.1. The van der Waals surface area contributed by atoms with Crippen molar-refractivity contribution >= 4 is 23.6 Å². The molecular formula is C19H22N2O3S. The maximum atomic E-state index is 12.0. The Hall–Kier alpha value is -2.47. The van der Waals surface area contributed by atoms with Gasteiger partial charge in [-0.2, -0.15) is 0 Å². The molecule has 6 heteroatoms. The molecule has 0 heterocycles. The van der Waals surface area contributed by atoms with Crippen LogP contribution in [0, 0.1) is 13.8 Å². The highest BCUT2D eigenvalue weighted by molar-refractivity contribution is 8.00. The minimum atomic E-state index is -0.294. The van der Waals surface area contributed by atoms with Gasteiger partial charge in [-0.1, -0.05) is 35.4 Å². The second-order valence-corrected chi connectivity index (χ2v) is 6.74. The lowest BCUT2D eigenvalue weighted by Gasteiger charge is -2.11. The van der Waals surface area contributed by atoms with Gasteiger partial charge < -0.3 is 4.74 Å². The summed E-state index contributed by atoms with van der Waals surface area (Å²) in [7, 11) is 1.57. The fourth-order valence-electron chi connectivity index (χ4n) is 2.22. The number of rotatable bonds is 6. The van der Waals surface area contributed by atoms with Crippen molar-refractivity contribution in [3.63, 3.8) is 0 Å². The maximum Gasteiger partial charge on any atom is 0.248 e. The molecule has 0 fully saturated rings. The molecule has 0 aliphatic carbocycles. The Morgan fingerprint density at radius 1 is 0.960 bits per heavy atom. The van der Waals surface area contributed by atoms with Crippen molar-refractivity contribution in [2.75, 3.05) is 12.9 Å². The molecule has 5 nitrogen and oxygen atoms in total. The van der Waals surface area contributed by atoms with Gasteiger partial charge in [0.05, 0.1) is 19.3 Å². The molecule has 0 radical (unpaired) electrons. The van der Waals surface area contributed by atoms with E-state index in [2.05, 4.69) is 10.9 Å². The Labute approximate surface area is 152 Å². The van der Waals surface area contributed by atoms with Gasteiger partial charge >= 0.3 is 0 Å². The van der Waals surface area contributed by atoms with Gasteiger partial charge in [0.25, 0.3) is 0 Å². The van der Waals surface area contributed by atoms with Gasteiger partial charge in [0.2, 0.25) is 11.8 Å². The molecule has 0 aliphatic heterocycles. The average molecular weight is 358 g/mol. The van der Waals surface area contributed by atoms with Crippen LogP contribution >= 0.6 is 11.8 Å². The van der Waals surface area contributed by atoms with E-state index in [1.807, 2.05) is 56.3 Å². The number of aryl methyl sites for hydroxylation is 2. The van der Waals surface area contributed by atoms with Gasteiger partial charge in [-0.15, -0.1) is 11.8 Å². The Morgan fingerprint density at radius 3 is 2.28 bits per heavy atom. The molecule has 2 N–H and O–H groups in total. The van der Waals surface area contributed by atoms with Crippen LogP contribution in [0.1, 0.15) is 16.7 Å². The van der Waals surface area contributed by atoms with Gasteiger partial charge in [0, 0.05) is 10.5 Å². The third-order valence-electron chi connectivity index (χ3n) is 3.52. The topological polar surface area (TPSA) is 67.4 Å². The van der Waals surface area contributed by atoms with Crippen LogP contribution in [-0.4, -0.2) is 24.7 Å². The average Bonchev–Trinajstić information content (AvgIpc) is 2.59. The summed E-state index contributed by atoms with van der Waals surface area (Å²) in [6, 6.07) is 13.6. The molecule has 0 aromatic heterocycles. The van der Waals surface area contributed by atoms with Crippen LogP contribution in [0.5, 0.6) is 5.75 Å². The van der Waals surface area contributed by atoms with Gasteiger partial charge in [0.1, 0.15) is 5.75 Å². The first-order valence-corrected chi connectivity index (χ1v) is 8.87. The lowest BCUT2D eigenvalue weighted by molar-refractivity contribution is -0.127. The highest BCUT2D eigenvalue weighted by atomic mass is 32.2. The molecule has 0 saturated carbocycles. The second kappa shape index (κ2) is 9.13. The smallest absolute Gasteiger partial charge is 0.248 e. The number of benzene rings is 2. The summed E-state index contributed by atoms with van der Waals surface area (Å²) >= 11 is 1.42. The summed E-state index contributed by atoms with van der Waals surface area (Å²) in [5.41, 5.74) is 7.87. The van der Waals surface area contributed by atoms with Crippen molar-refractivity contribution < 1.29 is 14.3 Å². The fourth-order valence-corrected chi connectivity index (χ4v) is 2.92. The number of hydrazine groups is 1. The first-order chi connectivity index (χ1) is 12.0. The lowest BCUT2D eigenvalue weighted by Crippen LogP contribution is -2.43. The molecule has 2 aromatic carbocycles. The maximum absolute atomic E-state index is 12.0. The van der Waals surface area contributed by atoms with Crippen LogP contribution in [0.4, 0.5) is 0 Å². The van der Waals surface area contributed by atoms with E-state index in [0.29, 0.717) is 5.75 Å². The van der Waals surface area contributed by atoms with E-state index in [4.69, 9.17) is 4.74 Å². The predicted octanol–water partition coefficient (Wildman–Crippen LogP) is 2.79. The van der Waals surface area contributed by atoms with Crippen LogP contribution in [0.2, 0.25) is 0 Å². The van der Waals surface area contributed by atoms with E-state index in [1.54, 1.807) is 7.11 Å². The van der Waals surface area contributed by atoms with Crippen molar-refractivity contribution in [2.24, 2.45) is 0 Å². The molecule has 25 heavy (non-hydrogen) atoms. The van der Waals surface area contributed by atoms with Crippen molar-refractivity contribution in [3.05, 3.63) is 59.2 Å². The van der Waals surface area contributed by atoms with Crippen molar-refractivity contribution in [2.45, 2.75) is 25.2 Å². The fraction of sp³-hybridized carbons (Fsp3) is 0.263. The molecule has 2 aromatic rings. The van der Waals surface area contributed by atoms with Crippen molar-refractivity contribution in [3.8, 4) is 5.75 Å². The summed E-state index contributed by atoms with van der Waals surface area (Å²) in [5.74, 6) is 0.339. The van der Waals surface area contributed by atoms with E-state index in [9.17, 15) is 9.59 Å². The third-order valence-corrected chi connectivity index (χ3v) is 4.53. The predicted molar refractivity (Wildman–Crippen MR) is 99.6 cm³/mol. The first kappa shape index (κ1) is 18.9. The third kappa shape index (κ3) is 6.15. The zero-order valence-corrected chi connectivity index (χ0v) is 15.4. The Balaban J connectivity index is 1.78. The summed E-state index contributed by atoms with van der Waals surface area (Å²) in [6.45, 7) is 3.96. The van der Waals surface area contributed by atoms with E-state index in [-0.39, 0.29) is 24.0 Å². The van der Waals surface area contributed by atoms with Crippen LogP contribution in [0.25, 0.3) is 0 Å². The molecule has 0 spiro atoms. The number of nitrogens with one attached hydrogen (secondary N) is 2. The number of thioether (sulfide) groups is 1. The number of carbonyl (C=O) groups excluding carboxylic acids is 2. The number of hydrogen-bond donors (Lipinski definition) is 2. The Kier molecular flexibility index (Phi) is 6.89. The van der Waals surface area contributed by atoms with Crippen LogP contribution in [0.3, 0.4) is 0 Å². The minimum Gasteiger partial charge on any atom is -0.496 e. The first-order valence-electron chi connectivity index (χ1n) is 7.88. The Morgan fingerprint density at radius 2 is 1.60 bits per heavy atom. The largest absolute Gasteiger partial charge is 0.496 e. The highest BCUT2D eigenvalue weighted by Crippen LogP contribution is 2.20. The van der Waals surface area contributed by atoms with Gasteiger partial charge in [-0.25, -0.2) is 0 Å². The quantitative estimate of drug-likeness (QED) is 0.615. The van der Waals surface area contributed by atoms with E-state index in [1.165, 1.54) is 17.3 Å². The molecule has 0 unspecified atom stereocenters. The molecule has 2 rings (SSSR count). The van der Waals surface area contributed by atoms with Gasteiger partial charge in [-0.05, 0) is 32.0 Å². The minimum absolute atomic E-state index is 0.135. The molecule has 0 aliphatic rings. The summed E-state index contributed by atoms with van der Waals surface area (Å²) in [4.78, 5) is 24.9. The summed E-state index contributed by atoms with van der Waals surface area (Å²) in [5, 5.41) is 0. The molecule has 0 saturated heterocycles. The zero-order valence-electron chi connectivity index (χ0n) is 14.6. The van der Waals surface area contributed by atoms with Gasteiger partial charge in [0.15, 0.2) is 0 Å². The Bertz CT molecular complexity index is 745. The SMILES string of the molecule is COc1ccc(C)cc1CC(=O)NNC(=O)CSc1ccc(C)cc1. The van der Waals surface area contributed by atoms with Crippen LogP contribution < -0.4 is 15.6 Å². The molecule has 0 bridgehead atoms. The number of hydrogen-bond acceptors (Lipinski definition) is 4. The van der Waals surface area contributed by atoms with Crippen LogP contribution in [0.15, 0.2) is 47.4 Å². The second-order valence-electron chi connectivity index (χ2n) is 5.69. The number of amides is 2. The summed E-state index contributed by atoms with van der Waals surface area (Å²) in [6.07, 6.45) is 0.135.